The highest BCUT2D eigenvalue weighted by Gasteiger charge is 2.27. The quantitative estimate of drug-likeness (QED) is 0.381. The Morgan fingerprint density at radius 3 is 1.90 bits per heavy atom. The molecule has 5 heteroatoms. The number of hydrogen-bond donors (Lipinski definition) is 5. The normalized spacial score (nSPS) is 18.6. The van der Waals surface area contributed by atoms with Gasteiger partial charge in [0, 0.05) is 37.2 Å². The van der Waals surface area contributed by atoms with Gasteiger partial charge in [-0.2, -0.15) is 0 Å². The highest BCUT2D eigenvalue weighted by atomic mass is 16.3. The van der Waals surface area contributed by atoms with Gasteiger partial charge in [0.1, 0.15) is 0 Å². The summed E-state index contributed by atoms with van der Waals surface area (Å²) in [5, 5.41) is 25.5. The lowest BCUT2D eigenvalue weighted by Crippen LogP contribution is -2.58. The van der Waals surface area contributed by atoms with Gasteiger partial charge in [0.2, 0.25) is 0 Å². The van der Waals surface area contributed by atoms with E-state index in [-0.39, 0.29) is 24.2 Å². The SMILES string of the molecule is CCC(C)(CO)CNCC(C)(C)NCC(N)(CC)CO. The molecule has 0 aromatic rings. The van der Waals surface area contributed by atoms with Crippen molar-refractivity contribution in [2.24, 2.45) is 11.1 Å². The number of hydrogen-bond acceptors (Lipinski definition) is 5. The van der Waals surface area contributed by atoms with Crippen molar-refractivity contribution in [2.75, 3.05) is 32.8 Å². The average molecular weight is 289 g/mol. The van der Waals surface area contributed by atoms with Crippen molar-refractivity contribution < 1.29 is 10.2 Å². The van der Waals surface area contributed by atoms with E-state index in [1.165, 1.54) is 0 Å². The fraction of sp³-hybridized carbons (Fsp3) is 1.00. The molecule has 0 aromatic heterocycles. The van der Waals surface area contributed by atoms with Crippen LogP contribution < -0.4 is 16.4 Å². The van der Waals surface area contributed by atoms with Crippen LogP contribution in [0, 0.1) is 5.41 Å². The number of aliphatic hydroxyl groups is 2. The zero-order valence-corrected chi connectivity index (χ0v) is 13.9. The van der Waals surface area contributed by atoms with Crippen LogP contribution in [0.3, 0.4) is 0 Å². The van der Waals surface area contributed by atoms with Crippen molar-refractivity contribution in [1.29, 1.82) is 0 Å². The Labute approximate surface area is 124 Å². The zero-order chi connectivity index (χ0) is 15.9. The van der Waals surface area contributed by atoms with Crippen LogP contribution in [-0.4, -0.2) is 54.1 Å². The Morgan fingerprint density at radius 1 is 0.900 bits per heavy atom. The Hall–Kier alpha value is -0.200. The van der Waals surface area contributed by atoms with Crippen molar-refractivity contribution in [3.8, 4) is 0 Å². The summed E-state index contributed by atoms with van der Waals surface area (Å²) in [5.74, 6) is 0. The minimum atomic E-state index is -0.555. The van der Waals surface area contributed by atoms with E-state index in [4.69, 9.17) is 5.73 Å². The molecule has 2 unspecified atom stereocenters. The van der Waals surface area contributed by atoms with Crippen LogP contribution in [0.15, 0.2) is 0 Å². The van der Waals surface area contributed by atoms with E-state index < -0.39 is 5.54 Å². The van der Waals surface area contributed by atoms with E-state index >= 15 is 0 Å². The molecule has 0 aliphatic carbocycles. The maximum absolute atomic E-state index is 9.39. The molecule has 2 atom stereocenters. The van der Waals surface area contributed by atoms with Gasteiger partial charge in [-0.05, 0) is 26.7 Å². The largest absolute Gasteiger partial charge is 0.396 e. The predicted octanol–water partition coefficient (Wildman–Crippen LogP) is 0.453. The Kier molecular flexibility index (Phi) is 8.21. The van der Waals surface area contributed by atoms with Gasteiger partial charge in [0.25, 0.3) is 0 Å². The standard InChI is InChI=1S/C15H35N3O2/c1-6-14(5,11-19)9-17-8-13(3,4)18-10-15(16,7-2)12-20/h17-20H,6-12,16H2,1-5H3. The summed E-state index contributed by atoms with van der Waals surface area (Å²) in [6, 6.07) is 0. The molecule has 0 spiro atoms. The van der Waals surface area contributed by atoms with E-state index in [9.17, 15) is 10.2 Å². The third-order valence-corrected chi connectivity index (χ3v) is 4.29. The first-order chi connectivity index (χ1) is 9.16. The highest BCUT2D eigenvalue weighted by Crippen LogP contribution is 2.18. The summed E-state index contributed by atoms with van der Waals surface area (Å²) in [4.78, 5) is 0. The molecule has 0 aromatic carbocycles. The highest BCUT2D eigenvalue weighted by molar-refractivity contribution is 4.90. The Morgan fingerprint density at radius 2 is 1.50 bits per heavy atom. The summed E-state index contributed by atoms with van der Waals surface area (Å²) in [6.07, 6.45) is 1.68. The minimum Gasteiger partial charge on any atom is -0.396 e. The van der Waals surface area contributed by atoms with E-state index in [0.29, 0.717) is 6.54 Å². The summed E-state index contributed by atoms with van der Waals surface area (Å²) in [5.41, 5.74) is 5.34. The first-order valence-corrected chi connectivity index (χ1v) is 7.62. The molecule has 5 nitrogen and oxygen atoms in total. The Balaban J connectivity index is 4.20. The molecule has 0 aliphatic heterocycles. The summed E-state index contributed by atoms with van der Waals surface area (Å²) < 4.78 is 0. The second kappa shape index (κ2) is 8.29. The van der Waals surface area contributed by atoms with Gasteiger partial charge in [-0.3, -0.25) is 0 Å². The zero-order valence-electron chi connectivity index (χ0n) is 13.9. The van der Waals surface area contributed by atoms with Gasteiger partial charge in [0.05, 0.1) is 12.1 Å². The first kappa shape index (κ1) is 19.8. The van der Waals surface area contributed by atoms with Crippen molar-refractivity contribution in [2.45, 2.75) is 58.5 Å². The maximum atomic E-state index is 9.39. The molecule has 0 heterocycles. The average Bonchev–Trinajstić information content (AvgIpc) is 2.44. The molecule has 0 radical (unpaired) electrons. The lowest BCUT2D eigenvalue weighted by atomic mass is 9.88. The molecule has 0 saturated heterocycles. The van der Waals surface area contributed by atoms with Crippen LogP contribution in [0.1, 0.15) is 47.5 Å². The first-order valence-electron chi connectivity index (χ1n) is 7.62. The van der Waals surface area contributed by atoms with Crippen molar-refractivity contribution in [3.63, 3.8) is 0 Å². The number of nitrogens with one attached hydrogen (secondary N) is 2. The minimum absolute atomic E-state index is 0.0154. The lowest BCUT2D eigenvalue weighted by molar-refractivity contribution is 0.131. The second-order valence-corrected chi connectivity index (χ2v) is 7.04. The molecule has 0 amide bonds. The van der Waals surface area contributed by atoms with Crippen LogP contribution >= 0.6 is 0 Å². The van der Waals surface area contributed by atoms with Gasteiger partial charge >= 0.3 is 0 Å². The molecule has 0 aliphatic rings. The number of nitrogens with two attached hydrogens (primary N) is 1. The summed E-state index contributed by atoms with van der Waals surface area (Å²) in [7, 11) is 0. The summed E-state index contributed by atoms with van der Waals surface area (Å²) in [6.45, 7) is 12.7. The fourth-order valence-electron chi connectivity index (χ4n) is 1.74. The monoisotopic (exact) mass is 289 g/mol. The lowest BCUT2D eigenvalue weighted by Gasteiger charge is -2.35. The third kappa shape index (κ3) is 6.99. The van der Waals surface area contributed by atoms with Gasteiger partial charge in [-0.1, -0.05) is 20.8 Å². The van der Waals surface area contributed by atoms with Crippen molar-refractivity contribution >= 4 is 0 Å². The second-order valence-electron chi connectivity index (χ2n) is 7.04. The molecule has 122 valence electrons. The van der Waals surface area contributed by atoms with Gasteiger partial charge < -0.3 is 26.6 Å². The fourth-order valence-corrected chi connectivity index (χ4v) is 1.74. The van der Waals surface area contributed by atoms with Gasteiger partial charge in [-0.25, -0.2) is 0 Å². The third-order valence-electron chi connectivity index (χ3n) is 4.29. The van der Waals surface area contributed by atoms with Crippen LogP contribution in [0.25, 0.3) is 0 Å². The number of rotatable bonds is 11. The van der Waals surface area contributed by atoms with Gasteiger partial charge in [-0.15, -0.1) is 0 Å². The van der Waals surface area contributed by atoms with E-state index in [1.807, 2.05) is 6.92 Å². The number of aliphatic hydroxyl groups excluding tert-OH is 2. The maximum Gasteiger partial charge on any atom is 0.0623 e. The van der Waals surface area contributed by atoms with Gasteiger partial charge in [0.15, 0.2) is 0 Å². The molecule has 0 fully saturated rings. The Bertz CT molecular complexity index is 262. The molecule has 6 N–H and O–H groups in total. The molecule has 0 saturated carbocycles. The smallest absolute Gasteiger partial charge is 0.0623 e. The van der Waals surface area contributed by atoms with Crippen LogP contribution in [0.5, 0.6) is 0 Å². The van der Waals surface area contributed by atoms with Crippen molar-refractivity contribution in [3.05, 3.63) is 0 Å². The molecular weight excluding hydrogens is 254 g/mol. The van der Waals surface area contributed by atoms with Crippen LogP contribution in [-0.2, 0) is 0 Å². The van der Waals surface area contributed by atoms with Crippen LogP contribution in [0.2, 0.25) is 0 Å². The summed E-state index contributed by atoms with van der Waals surface area (Å²) >= 11 is 0. The topological polar surface area (TPSA) is 90.5 Å². The molecule has 0 bridgehead atoms. The molecule has 0 rings (SSSR count). The predicted molar refractivity (Wildman–Crippen MR) is 84.7 cm³/mol. The molecular formula is C15H35N3O2. The van der Waals surface area contributed by atoms with E-state index in [0.717, 1.165) is 25.9 Å². The van der Waals surface area contributed by atoms with Crippen molar-refractivity contribution in [1.82, 2.24) is 10.6 Å². The van der Waals surface area contributed by atoms with E-state index in [1.54, 1.807) is 0 Å². The van der Waals surface area contributed by atoms with Crippen LogP contribution in [0.4, 0.5) is 0 Å². The van der Waals surface area contributed by atoms with E-state index in [2.05, 4.69) is 38.3 Å². The molecule has 20 heavy (non-hydrogen) atoms.